The molecular weight excluding hydrogens is 396 g/mol. The van der Waals surface area contributed by atoms with Gasteiger partial charge in [-0.2, -0.15) is 0 Å². The first-order chi connectivity index (χ1) is 15.2. The third kappa shape index (κ3) is 5.01. The summed E-state index contributed by atoms with van der Waals surface area (Å²) >= 11 is 0. The molecule has 4 rings (SSSR count). The topological polar surface area (TPSA) is 79.2 Å². The molecule has 0 bridgehead atoms. The van der Waals surface area contributed by atoms with Crippen molar-refractivity contribution >= 4 is 17.9 Å². The SMILES string of the molecule is COC(=O)c1nc(-c2ccc3c(c2)N=CCO3)ccc1OCCCOc1ccccc1. The van der Waals surface area contributed by atoms with E-state index in [2.05, 4.69) is 9.98 Å². The summed E-state index contributed by atoms with van der Waals surface area (Å²) in [5.74, 6) is 1.34. The number of pyridine rings is 1. The van der Waals surface area contributed by atoms with E-state index in [0.717, 1.165) is 22.7 Å². The van der Waals surface area contributed by atoms with E-state index in [0.29, 0.717) is 37.7 Å². The molecule has 0 aliphatic carbocycles. The average molecular weight is 418 g/mol. The van der Waals surface area contributed by atoms with Crippen molar-refractivity contribution in [1.82, 2.24) is 4.98 Å². The molecule has 0 spiro atoms. The zero-order valence-electron chi connectivity index (χ0n) is 17.1. The van der Waals surface area contributed by atoms with Crippen molar-refractivity contribution in [2.24, 2.45) is 4.99 Å². The number of para-hydroxylation sites is 1. The first-order valence-electron chi connectivity index (χ1n) is 9.94. The summed E-state index contributed by atoms with van der Waals surface area (Å²) in [5, 5.41) is 0. The number of esters is 1. The molecule has 0 radical (unpaired) electrons. The predicted molar refractivity (Wildman–Crippen MR) is 117 cm³/mol. The Morgan fingerprint density at radius 2 is 1.87 bits per heavy atom. The highest BCUT2D eigenvalue weighted by molar-refractivity contribution is 5.91. The van der Waals surface area contributed by atoms with Gasteiger partial charge in [-0.1, -0.05) is 18.2 Å². The van der Waals surface area contributed by atoms with Crippen LogP contribution in [0.1, 0.15) is 16.9 Å². The molecule has 0 N–H and O–H groups in total. The summed E-state index contributed by atoms with van der Waals surface area (Å²) in [5.41, 5.74) is 2.28. The van der Waals surface area contributed by atoms with Gasteiger partial charge in [0.15, 0.2) is 11.4 Å². The third-order valence-corrected chi connectivity index (χ3v) is 4.59. The number of hydrogen-bond donors (Lipinski definition) is 0. The molecule has 1 aromatic heterocycles. The second-order valence-electron chi connectivity index (χ2n) is 6.70. The minimum absolute atomic E-state index is 0.126. The Morgan fingerprint density at radius 3 is 2.71 bits per heavy atom. The van der Waals surface area contributed by atoms with E-state index in [1.807, 2.05) is 48.5 Å². The molecule has 1 aliphatic heterocycles. The highest BCUT2D eigenvalue weighted by Gasteiger charge is 2.18. The maximum Gasteiger partial charge on any atom is 0.360 e. The van der Waals surface area contributed by atoms with Gasteiger partial charge >= 0.3 is 5.97 Å². The van der Waals surface area contributed by atoms with Gasteiger partial charge in [0.1, 0.15) is 23.8 Å². The van der Waals surface area contributed by atoms with Gasteiger partial charge in [0.2, 0.25) is 0 Å². The van der Waals surface area contributed by atoms with Gasteiger partial charge in [0.05, 0.1) is 26.0 Å². The molecule has 2 aromatic carbocycles. The minimum Gasteiger partial charge on any atom is -0.493 e. The zero-order chi connectivity index (χ0) is 21.5. The van der Waals surface area contributed by atoms with E-state index >= 15 is 0 Å². The molecule has 0 atom stereocenters. The summed E-state index contributed by atoms with van der Waals surface area (Å²) in [6, 6.07) is 18.7. The summed E-state index contributed by atoms with van der Waals surface area (Å²) in [4.78, 5) is 21.1. The van der Waals surface area contributed by atoms with Crippen LogP contribution < -0.4 is 14.2 Å². The van der Waals surface area contributed by atoms with Crippen LogP contribution in [0.4, 0.5) is 5.69 Å². The number of hydrogen-bond acceptors (Lipinski definition) is 7. The smallest absolute Gasteiger partial charge is 0.360 e. The quantitative estimate of drug-likeness (QED) is 0.396. The van der Waals surface area contributed by atoms with Crippen molar-refractivity contribution in [3.8, 4) is 28.5 Å². The summed E-state index contributed by atoms with van der Waals surface area (Å²) in [6.45, 7) is 1.34. The van der Waals surface area contributed by atoms with Crippen LogP contribution in [0.2, 0.25) is 0 Å². The normalized spacial score (nSPS) is 11.9. The molecule has 31 heavy (non-hydrogen) atoms. The fourth-order valence-corrected chi connectivity index (χ4v) is 3.08. The maximum atomic E-state index is 12.3. The van der Waals surface area contributed by atoms with E-state index in [1.165, 1.54) is 7.11 Å². The summed E-state index contributed by atoms with van der Waals surface area (Å²) in [6.07, 6.45) is 2.36. The lowest BCUT2D eigenvalue weighted by Gasteiger charge is -2.14. The standard InChI is InChI=1S/C24H22N2O5/c1-28-24(27)23-22(30-14-5-13-29-18-6-3-2-4-7-18)11-9-19(26-23)17-8-10-21-20(16-17)25-12-15-31-21/h2-4,6-12,16H,5,13-15H2,1H3. The monoisotopic (exact) mass is 418 g/mol. The van der Waals surface area contributed by atoms with E-state index in [1.54, 1.807) is 18.3 Å². The molecule has 7 heteroatoms. The van der Waals surface area contributed by atoms with Crippen molar-refractivity contribution in [1.29, 1.82) is 0 Å². The number of rotatable bonds is 8. The molecule has 7 nitrogen and oxygen atoms in total. The Balaban J connectivity index is 1.45. The van der Waals surface area contributed by atoms with Crippen LogP contribution in [0, 0.1) is 0 Å². The fraction of sp³-hybridized carbons (Fsp3) is 0.208. The molecule has 2 heterocycles. The van der Waals surface area contributed by atoms with Crippen molar-refractivity contribution in [3.63, 3.8) is 0 Å². The number of fused-ring (bicyclic) bond motifs is 1. The van der Waals surface area contributed by atoms with E-state index in [9.17, 15) is 4.79 Å². The Labute approximate surface area is 180 Å². The molecular formula is C24H22N2O5. The second-order valence-corrected chi connectivity index (χ2v) is 6.70. The number of carbonyl (C=O) groups excluding carboxylic acids is 1. The van der Waals surface area contributed by atoms with Gasteiger partial charge in [-0.3, -0.25) is 4.99 Å². The number of carbonyl (C=O) groups is 1. The molecule has 0 saturated heterocycles. The molecule has 0 unspecified atom stereocenters. The molecule has 158 valence electrons. The Morgan fingerprint density at radius 1 is 1.03 bits per heavy atom. The van der Waals surface area contributed by atoms with Crippen LogP contribution in [0.3, 0.4) is 0 Å². The van der Waals surface area contributed by atoms with Crippen LogP contribution in [-0.4, -0.2) is 44.1 Å². The first-order valence-corrected chi connectivity index (χ1v) is 9.94. The van der Waals surface area contributed by atoms with Crippen LogP contribution in [0.5, 0.6) is 17.2 Å². The van der Waals surface area contributed by atoms with E-state index in [4.69, 9.17) is 18.9 Å². The van der Waals surface area contributed by atoms with Crippen molar-refractivity contribution < 1.29 is 23.7 Å². The van der Waals surface area contributed by atoms with Crippen molar-refractivity contribution in [2.45, 2.75) is 6.42 Å². The fourth-order valence-electron chi connectivity index (χ4n) is 3.08. The second kappa shape index (κ2) is 9.75. The van der Waals surface area contributed by atoms with Gasteiger partial charge in [0.25, 0.3) is 0 Å². The van der Waals surface area contributed by atoms with Crippen molar-refractivity contribution in [2.75, 3.05) is 26.9 Å². The lowest BCUT2D eigenvalue weighted by molar-refractivity contribution is 0.0588. The molecule has 3 aromatic rings. The van der Waals surface area contributed by atoms with Crippen LogP contribution in [0.25, 0.3) is 11.3 Å². The maximum absolute atomic E-state index is 12.3. The van der Waals surface area contributed by atoms with Gasteiger partial charge in [0, 0.05) is 18.2 Å². The highest BCUT2D eigenvalue weighted by atomic mass is 16.5. The van der Waals surface area contributed by atoms with Crippen LogP contribution in [0.15, 0.2) is 65.7 Å². The Hall–Kier alpha value is -3.87. The zero-order valence-corrected chi connectivity index (χ0v) is 17.1. The molecule has 0 amide bonds. The highest BCUT2D eigenvalue weighted by Crippen LogP contribution is 2.34. The van der Waals surface area contributed by atoms with Gasteiger partial charge in [-0.15, -0.1) is 0 Å². The third-order valence-electron chi connectivity index (χ3n) is 4.59. The molecule has 0 fully saturated rings. The average Bonchev–Trinajstić information content (AvgIpc) is 2.83. The molecule has 1 aliphatic rings. The summed E-state index contributed by atoms with van der Waals surface area (Å²) in [7, 11) is 1.32. The number of aliphatic imine (C=N–C) groups is 1. The van der Waals surface area contributed by atoms with E-state index in [-0.39, 0.29) is 5.69 Å². The Kier molecular flexibility index (Phi) is 6.42. The van der Waals surface area contributed by atoms with Gasteiger partial charge in [-0.25, -0.2) is 9.78 Å². The van der Waals surface area contributed by atoms with Gasteiger partial charge in [-0.05, 0) is 42.5 Å². The predicted octanol–water partition coefficient (Wildman–Crippen LogP) is 4.48. The Bertz CT molecular complexity index is 1080. The van der Waals surface area contributed by atoms with Crippen molar-refractivity contribution in [3.05, 3.63) is 66.4 Å². The first kappa shape index (κ1) is 20.4. The molecule has 0 saturated carbocycles. The number of aromatic nitrogens is 1. The lowest BCUT2D eigenvalue weighted by Crippen LogP contribution is -2.11. The van der Waals surface area contributed by atoms with Crippen LogP contribution in [-0.2, 0) is 4.74 Å². The lowest BCUT2D eigenvalue weighted by atomic mass is 10.1. The number of methoxy groups -OCH3 is 1. The number of ether oxygens (including phenoxy) is 4. The summed E-state index contributed by atoms with van der Waals surface area (Å²) < 4.78 is 21.9. The van der Waals surface area contributed by atoms with E-state index < -0.39 is 5.97 Å². The van der Waals surface area contributed by atoms with Gasteiger partial charge < -0.3 is 18.9 Å². The number of nitrogens with zero attached hydrogens (tertiary/aromatic N) is 2. The van der Waals surface area contributed by atoms with Crippen LogP contribution >= 0.6 is 0 Å². The minimum atomic E-state index is -0.559. The number of benzene rings is 2. The largest absolute Gasteiger partial charge is 0.493 e.